The first-order valence-electron chi connectivity index (χ1n) is 11.2. The molecule has 1 aromatic carbocycles. The number of hydrogen-bond donors (Lipinski definition) is 0. The average Bonchev–Trinajstić information content (AvgIpc) is 3.40. The molecule has 0 spiro atoms. The fourth-order valence-corrected chi connectivity index (χ4v) is 5.29. The summed E-state index contributed by atoms with van der Waals surface area (Å²) in [5.74, 6) is 1.38. The number of thioether (sulfide) groups is 1. The Morgan fingerprint density at radius 3 is 2.76 bits per heavy atom. The minimum atomic E-state index is -0.166. The van der Waals surface area contributed by atoms with Crippen LogP contribution in [-0.4, -0.2) is 58.6 Å². The van der Waals surface area contributed by atoms with Crippen molar-refractivity contribution in [3.63, 3.8) is 0 Å². The molecule has 0 N–H and O–H groups in total. The number of carbonyl (C=O) groups excluding carboxylic acids is 1. The van der Waals surface area contributed by atoms with Gasteiger partial charge >= 0.3 is 0 Å². The third-order valence-electron chi connectivity index (χ3n) is 6.26. The van der Waals surface area contributed by atoms with E-state index in [9.17, 15) is 9.59 Å². The van der Waals surface area contributed by atoms with Gasteiger partial charge in [-0.05, 0) is 31.2 Å². The summed E-state index contributed by atoms with van der Waals surface area (Å²) in [7, 11) is 1.75. The second kappa shape index (κ2) is 8.66. The van der Waals surface area contributed by atoms with Crippen LogP contribution in [0, 0.1) is 12.8 Å². The molecule has 0 radical (unpaired) electrons. The van der Waals surface area contributed by atoms with Gasteiger partial charge in [0.2, 0.25) is 11.7 Å². The minimum Gasteiger partial charge on any atom is -0.342 e. The Kier molecular flexibility index (Phi) is 5.69. The zero-order valence-electron chi connectivity index (χ0n) is 19.1. The van der Waals surface area contributed by atoms with E-state index in [-0.39, 0.29) is 17.2 Å². The summed E-state index contributed by atoms with van der Waals surface area (Å²) < 4.78 is 5.05. The maximum atomic E-state index is 13.4. The van der Waals surface area contributed by atoms with Gasteiger partial charge in [-0.3, -0.25) is 23.2 Å². The molecule has 172 valence electrons. The van der Waals surface area contributed by atoms with Crippen LogP contribution in [-0.2, 0) is 18.4 Å². The van der Waals surface area contributed by atoms with Crippen LogP contribution in [0.1, 0.15) is 30.9 Å². The average molecular weight is 466 g/mol. The van der Waals surface area contributed by atoms with Gasteiger partial charge in [-0.25, -0.2) is 0 Å². The summed E-state index contributed by atoms with van der Waals surface area (Å²) in [5.41, 5.74) is 3.11. The van der Waals surface area contributed by atoms with Crippen LogP contribution < -0.4 is 5.56 Å². The van der Waals surface area contributed by atoms with E-state index >= 15 is 0 Å². The molecule has 4 aromatic rings. The monoisotopic (exact) mass is 465 g/mol. The quantitative estimate of drug-likeness (QED) is 0.421. The topological polar surface area (TPSA) is 90.3 Å². The van der Waals surface area contributed by atoms with Crippen LogP contribution in [0.25, 0.3) is 16.8 Å². The van der Waals surface area contributed by atoms with Crippen molar-refractivity contribution in [1.82, 2.24) is 33.8 Å². The Labute approximate surface area is 195 Å². The SMILES string of the molecule is Cc1ccc(Cn2c(=O)c3c(cnn3C)n3c(SCC(=O)N4CCC[C@@H](C)C4)nnc23)cc1. The zero-order valence-corrected chi connectivity index (χ0v) is 19.9. The van der Waals surface area contributed by atoms with Crippen molar-refractivity contribution >= 4 is 34.5 Å². The van der Waals surface area contributed by atoms with Crippen LogP contribution in [0.4, 0.5) is 0 Å². The molecule has 5 rings (SSSR count). The molecule has 4 heterocycles. The largest absolute Gasteiger partial charge is 0.342 e. The first-order chi connectivity index (χ1) is 15.9. The maximum absolute atomic E-state index is 13.4. The molecular weight excluding hydrogens is 438 g/mol. The first-order valence-corrected chi connectivity index (χ1v) is 12.2. The van der Waals surface area contributed by atoms with Crippen molar-refractivity contribution in [1.29, 1.82) is 0 Å². The van der Waals surface area contributed by atoms with Crippen molar-refractivity contribution in [3.8, 4) is 0 Å². The van der Waals surface area contributed by atoms with Gasteiger partial charge in [-0.2, -0.15) is 5.10 Å². The van der Waals surface area contributed by atoms with Gasteiger partial charge in [0.15, 0.2) is 10.7 Å². The molecule has 0 unspecified atom stereocenters. The fourth-order valence-electron chi connectivity index (χ4n) is 4.45. The van der Waals surface area contributed by atoms with Gasteiger partial charge in [0.25, 0.3) is 5.56 Å². The third-order valence-corrected chi connectivity index (χ3v) is 7.18. The lowest BCUT2D eigenvalue weighted by atomic mass is 10.0. The van der Waals surface area contributed by atoms with Crippen LogP contribution >= 0.6 is 11.8 Å². The second-order valence-electron chi connectivity index (χ2n) is 8.87. The molecule has 3 aromatic heterocycles. The standard InChI is InChI=1S/C23H27N7O2S/c1-15-6-8-17(9-7-15)13-29-21(32)20-18(11-24-27(20)3)30-22(29)25-26-23(30)33-14-19(31)28-10-4-5-16(2)12-28/h6-9,11,16H,4-5,10,12-14H2,1-3H3/t16-/m1/s1. The van der Waals surface area contributed by atoms with E-state index in [4.69, 9.17) is 0 Å². The number of benzene rings is 1. The predicted octanol–water partition coefficient (Wildman–Crippen LogP) is 2.49. The van der Waals surface area contributed by atoms with Crippen LogP contribution in [0.5, 0.6) is 0 Å². The lowest BCUT2D eigenvalue weighted by molar-refractivity contribution is -0.130. The number of likely N-dealkylation sites (tertiary alicyclic amines) is 1. The molecule has 33 heavy (non-hydrogen) atoms. The maximum Gasteiger partial charge on any atom is 0.281 e. The molecule has 9 nitrogen and oxygen atoms in total. The number of piperidine rings is 1. The highest BCUT2D eigenvalue weighted by atomic mass is 32.2. The highest BCUT2D eigenvalue weighted by Crippen LogP contribution is 2.23. The highest BCUT2D eigenvalue weighted by Gasteiger charge is 2.23. The van der Waals surface area contributed by atoms with Crippen molar-refractivity contribution in [2.75, 3.05) is 18.8 Å². The minimum absolute atomic E-state index is 0.110. The molecule has 0 bridgehead atoms. The fraction of sp³-hybridized carbons (Fsp3) is 0.435. The number of hydrogen-bond acceptors (Lipinski definition) is 6. The molecule has 1 fully saturated rings. The number of aromatic nitrogens is 6. The van der Waals surface area contributed by atoms with E-state index in [2.05, 4.69) is 22.2 Å². The van der Waals surface area contributed by atoms with E-state index < -0.39 is 0 Å². The predicted molar refractivity (Wildman–Crippen MR) is 128 cm³/mol. The van der Waals surface area contributed by atoms with Crippen molar-refractivity contribution in [2.24, 2.45) is 13.0 Å². The Balaban J connectivity index is 1.52. The van der Waals surface area contributed by atoms with Crippen molar-refractivity contribution in [3.05, 3.63) is 51.9 Å². The number of carbonyl (C=O) groups is 1. The van der Waals surface area contributed by atoms with Gasteiger partial charge in [0, 0.05) is 20.1 Å². The number of aryl methyl sites for hydroxylation is 2. The van der Waals surface area contributed by atoms with Gasteiger partial charge in [-0.15, -0.1) is 10.2 Å². The lowest BCUT2D eigenvalue weighted by Gasteiger charge is -2.30. The summed E-state index contributed by atoms with van der Waals surface area (Å²) in [6, 6.07) is 8.07. The van der Waals surface area contributed by atoms with Crippen molar-refractivity contribution in [2.45, 2.75) is 38.4 Å². The Bertz CT molecular complexity index is 1390. The van der Waals surface area contributed by atoms with Gasteiger partial charge in [0.05, 0.1) is 18.5 Å². The zero-order chi connectivity index (χ0) is 23.1. The normalized spacial score (nSPS) is 16.7. The molecular formula is C23H27N7O2S. The first kappa shape index (κ1) is 21.7. The number of rotatable bonds is 5. The smallest absolute Gasteiger partial charge is 0.281 e. The summed E-state index contributed by atoms with van der Waals surface area (Å²) >= 11 is 1.35. The summed E-state index contributed by atoms with van der Waals surface area (Å²) in [6.07, 6.45) is 3.87. The van der Waals surface area contributed by atoms with Crippen LogP contribution in [0.3, 0.4) is 0 Å². The van der Waals surface area contributed by atoms with E-state index in [1.807, 2.05) is 40.5 Å². The molecule has 0 saturated carbocycles. The Morgan fingerprint density at radius 1 is 1.21 bits per heavy atom. The van der Waals surface area contributed by atoms with E-state index in [1.165, 1.54) is 18.2 Å². The number of fused-ring (bicyclic) bond motifs is 3. The number of nitrogens with zero attached hydrogens (tertiary/aromatic N) is 7. The molecule has 0 aliphatic carbocycles. The van der Waals surface area contributed by atoms with E-state index in [0.29, 0.717) is 34.4 Å². The molecule has 1 atom stereocenters. The van der Waals surface area contributed by atoms with Gasteiger partial charge in [0.1, 0.15) is 5.52 Å². The summed E-state index contributed by atoms with van der Waals surface area (Å²) in [4.78, 5) is 28.1. The Morgan fingerprint density at radius 2 is 2.00 bits per heavy atom. The Hall–Kier alpha value is -3.14. The second-order valence-corrected chi connectivity index (χ2v) is 9.82. The lowest BCUT2D eigenvalue weighted by Crippen LogP contribution is -2.40. The molecule has 1 aliphatic rings. The molecule has 10 heteroatoms. The van der Waals surface area contributed by atoms with Crippen LogP contribution in [0.2, 0.25) is 0 Å². The molecule has 1 aliphatic heterocycles. The third kappa shape index (κ3) is 4.03. The van der Waals surface area contributed by atoms with Crippen molar-refractivity contribution < 1.29 is 4.79 Å². The molecule has 1 saturated heterocycles. The highest BCUT2D eigenvalue weighted by molar-refractivity contribution is 7.99. The van der Waals surface area contributed by atoms with E-state index in [0.717, 1.165) is 30.6 Å². The number of amides is 1. The van der Waals surface area contributed by atoms with Crippen LogP contribution in [0.15, 0.2) is 40.4 Å². The summed E-state index contributed by atoms with van der Waals surface area (Å²) in [5, 5.41) is 13.6. The van der Waals surface area contributed by atoms with Gasteiger partial charge in [-0.1, -0.05) is 48.5 Å². The van der Waals surface area contributed by atoms with E-state index in [1.54, 1.807) is 22.5 Å². The van der Waals surface area contributed by atoms with Gasteiger partial charge < -0.3 is 4.90 Å². The molecule has 1 amide bonds. The summed E-state index contributed by atoms with van der Waals surface area (Å²) in [6.45, 7) is 6.21.